The molecule has 6 aromatic rings. The molecule has 3 aliphatic carbocycles. The molecule has 1 aliphatic heterocycles. The van der Waals surface area contributed by atoms with Crippen LogP contribution in [0.5, 0.6) is 0 Å². The van der Waals surface area contributed by atoms with Gasteiger partial charge in [-0.25, -0.2) is 9.97 Å². The van der Waals surface area contributed by atoms with Crippen LogP contribution in [-0.4, -0.2) is 47.0 Å². The number of aromatic nitrogens is 4. The number of carbonyl (C=O) groups excluding carboxylic acids is 2. The molecule has 47 heavy (non-hydrogen) atoms. The normalized spacial score (nSPS) is 23.8. The van der Waals surface area contributed by atoms with E-state index in [1.807, 2.05) is 53.2 Å². The molecule has 3 aromatic carbocycles. The number of hydrogen-bond acceptors (Lipinski definition) is 6. The maximum atomic E-state index is 13.8. The van der Waals surface area contributed by atoms with Gasteiger partial charge in [-0.3, -0.25) is 14.5 Å². The van der Waals surface area contributed by atoms with E-state index >= 15 is 0 Å². The topological polar surface area (TPSA) is 101 Å². The molecule has 8 nitrogen and oxygen atoms in total. The van der Waals surface area contributed by atoms with Gasteiger partial charge < -0.3 is 5.11 Å². The van der Waals surface area contributed by atoms with Gasteiger partial charge in [-0.1, -0.05) is 66.7 Å². The van der Waals surface area contributed by atoms with Crippen LogP contribution in [0, 0.1) is 5.92 Å². The minimum atomic E-state index is -0.922. The Balaban J connectivity index is 1.11. The maximum absolute atomic E-state index is 13.8. The standard InChI is InChI=1S/C39H31N5O3/c45-36-29-8-4-5-9-30(29)37(46)43(36)38(21-39(47,22-38)28-16-17-28)27-14-12-25(13-15-27)34-31(23-6-2-1-3-7-23)18-26-20-40-33-19-32(24-10-11-24)42-44(33)35(26)41-34/h1-9,12-15,18-20,24,28,47H,10-11,16-17,21-22H2/t38-,39+. The van der Waals surface area contributed by atoms with Crippen LogP contribution in [0.2, 0.25) is 0 Å². The Morgan fingerprint density at radius 1 is 0.745 bits per heavy atom. The van der Waals surface area contributed by atoms with Gasteiger partial charge >= 0.3 is 0 Å². The molecule has 1 N–H and O–H groups in total. The van der Waals surface area contributed by atoms with Crippen molar-refractivity contribution in [2.24, 2.45) is 5.92 Å². The smallest absolute Gasteiger partial charge is 0.262 e. The lowest BCUT2D eigenvalue weighted by Gasteiger charge is -2.57. The van der Waals surface area contributed by atoms with Gasteiger partial charge in [0.25, 0.3) is 11.8 Å². The number of aliphatic hydroxyl groups is 1. The van der Waals surface area contributed by atoms with Crippen molar-refractivity contribution in [2.45, 2.75) is 55.6 Å². The van der Waals surface area contributed by atoms with E-state index in [-0.39, 0.29) is 17.7 Å². The third-order valence-corrected chi connectivity index (χ3v) is 10.8. The maximum Gasteiger partial charge on any atom is 0.262 e. The lowest BCUT2D eigenvalue weighted by atomic mass is 9.58. The van der Waals surface area contributed by atoms with Crippen molar-refractivity contribution < 1.29 is 14.7 Å². The van der Waals surface area contributed by atoms with E-state index in [0.29, 0.717) is 29.9 Å². The minimum absolute atomic E-state index is 0.217. The van der Waals surface area contributed by atoms with E-state index in [1.165, 1.54) is 4.90 Å². The van der Waals surface area contributed by atoms with Crippen molar-refractivity contribution in [1.29, 1.82) is 0 Å². The summed E-state index contributed by atoms with van der Waals surface area (Å²) in [6, 6.07) is 29.5. The summed E-state index contributed by atoms with van der Waals surface area (Å²) in [5.74, 6) is 0.130. The summed E-state index contributed by atoms with van der Waals surface area (Å²) < 4.78 is 1.86. The van der Waals surface area contributed by atoms with E-state index < -0.39 is 11.1 Å². The number of hydrogen-bond donors (Lipinski definition) is 1. The summed E-state index contributed by atoms with van der Waals surface area (Å²) in [5, 5.41) is 17.4. The Bertz CT molecular complexity index is 2240. The van der Waals surface area contributed by atoms with Crippen molar-refractivity contribution in [3.05, 3.63) is 120 Å². The molecule has 0 saturated heterocycles. The molecule has 230 valence electrons. The summed E-state index contributed by atoms with van der Waals surface area (Å²) in [5.41, 5.74) is 6.22. The third-order valence-electron chi connectivity index (χ3n) is 10.8. The molecule has 0 atom stereocenters. The molecule has 0 bridgehead atoms. The van der Waals surface area contributed by atoms with Gasteiger partial charge in [0.05, 0.1) is 33.7 Å². The van der Waals surface area contributed by atoms with Crippen LogP contribution in [0.15, 0.2) is 97.2 Å². The minimum Gasteiger partial charge on any atom is -0.389 e. The van der Waals surface area contributed by atoms with Crippen LogP contribution in [-0.2, 0) is 5.54 Å². The zero-order chi connectivity index (χ0) is 31.5. The second kappa shape index (κ2) is 9.42. The highest BCUT2D eigenvalue weighted by molar-refractivity contribution is 6.22. The lowest BCUT2D eigenvalue weighted by Crippen LogP contribution is -2.65. The number of carbonyl (C=O) groups is 2. The van der Waals surface area contributed by atoms with E-state index in [9.17, 15) is 14.7 Å². The molecule has 0 radical (unpaired) electrons. The first-order chi connectivity index (χ1) is 22.9. The Morgan fingerprint density at radius 2 is 1.43 bits per heavy atom. The highest BCUT2D eigenvalue weighted by atomic mass is 16.3. The number of pyridine rings is 1. The molecule has 10 rings (SSSR count). The average Bonchev–Trinajstić information content (AvgIpc) is 4.04. The molecule has 8 heteroatoms. The first kappa shape index (κ1) is 27.0. The number of amides is 2. The first-order valence-corrected chi connectivity index (χ1v) is 16.5. The van der Waals surface area contributed by atoms with Crippen LogP contribution in [0.4, 0.5) is 0 Å². The summed E-state index contributed by atoms with van der Waals surface area (Å²) in [4.78, 5) is 39.0. The SMILES string of the molecule is O=C1c2ccccc2C(=O)N1[C@]1(c2ccc(-c3nc4c(cnc5cc(C6CC6)nn54)cc3-c3ccccc3)cc2)C[C@@](O)(C2CC2)C1. The predicted octanol–water partition coefficient (Wildman–Crippen LogP) is 6.92. The highest BCUT2D eigenvalue weighted by Gasteiger charge is 2.66. The Morgan fingerprint density at radius 3 is 2.09 bits per heavy atom. The van der Waals surface area contributed by atoms with Gasteiger partial charge in [0.1, 0.15) is 0 Å². The van der Waals surface area contributed by atoms with Gasteiger partial charge in [-0.05, 0) is 60.9 Å². The highest BCUT2D eigenvalue weighted by Crippen LogP contribution is 2.61. The molecule has 3 fully saturated rings. The molecular formula is C39H31N5O3. The Labute approximate surface area is 270 Å². The summed E-state index contributed by atoms with van der Waals surface area (Å²) in [7, 11) is 0. The largest absolute Gasteiger partial charge is 0.389 e. The van der Waals surface area contributed by atoms with E-state index in [2.05, 4.69) is 24.3 Å². The van der Waals surface area contributed by atoms with E-state index in [1.54, 1.807) is 24.3 Å². The van der Waals surface area contributed by atoms with Gasteiger partial charge in [-0.2, -0.15) is 9.61 Å². The average molecular weight is 618 g/mol. The van der Waals surface area contributed by atoms with Crippen molar-refractivity contribution >= 4 is 28.5 Å². The van der Waals surface area contributed by atoms with Crippen LogP contribution < -0.4 is 0 Å². The molecular weight excluding hydrogens is 586 g/mol. The van der Waals surface area contributed by atoms with Crippen LogP contribution in [0.3, 0.4) is 0 Å². The van der Waals surface area contributed by atoms with Crippen LogP contribution >= 0.6 is 0 Å². The third kappa shape index (κ3) is 3.94. The fourth-order valence-corrected chi connectivity index (χ4v) is 8.07. The van der Waals surface area contributed by atoms with Crippen molar-refractivity contribution in [3.8, 4) is 22.4 Å². The molecule has 4 aliphatic rings. The predicted molar refractivity (Wildman–Crippen MR) is 177 cm³/mol. The molecule has 3 aromatic heterocycles. The second-order valence-electron chi connectivity index (χ2n) is 13.9. The number of nitrogens with zero attached hydrogens (tertiary/aromatic N) is 5. The molecule has 0 unspecified atom stereocenters. The van der Waals surface area contributed by atoms with Crippen LogP contribution in [0.1, 0.15) is 76.4 Å². The Kier molecular flexibility index (Phi) is 5.40. The summed E-state index contributed by atoms with van der Waals surface area (Å²) >= 11 is 0. The molecule has 3 saturated carbocycles. The van der Waals surface area contributed by atoms with E-state index in [4.69, 9.17) is 15.1 Å². The zero-order valence-corrected chi connectivity index (χ0v) is 25.6. The van der Waals surface area contributed by atoms with Gasteiger partial charge in [0.15, 0.2) is 11.3 Å². The van der Waals surface area contributed by atoms with E-state index in [0.717, 1.165) is 76.0 Å². The van der Waals surface area contributed by atoms with Crippen LogP contribution in [0.25, 0.3) is 39.1 Å². The fourth-order valence-electron chi connectivity index (χ4n) is 8.07. The number of benzene rings is 3. The summed E-state index contributed by atoms with van der Waals surface area (Å²) in [6.45, 7) is 0. The Hall–Kier alpha value is -5.21. The second-order valence-corrected chi connectivity index (χ2v) is 13.9. The first-order valence-electron chi connectivity index (χ1n) is 16.5. The van der Waals surface area contributed by atoms with Crippen molar-refractivity contribution in [3.63, 3.8) is 0 Å². The van der Waals surface area contributed by atoms with Gasteiger partial charge in [-0.15, -0.1) is 0 Å². The van der Waals surface area contributed by atoms with Crippen molar-refractivity contribution in [1.82, 2.24) is 24.5 Å². The fraction of sp³-hybridized carbons (Fsp3) is 0.256. The molecule has 4 heterocycles. The monoisotopic (exact) mass is 617 g/mol. The lowest BCUT2D eigenvalue weighted by molar-refractivity contribution is -0.143. The van der Waals surface area contributed by atoms with Crippen molar-refractivity contribution in [2.75, 3.05) is 0 Å². The molecule has 2 amide bonds. The van der Waals surface area contributed by atoms with Gasteiger partial charge in [0, 0.05) is 47.5 Å². The number of rotatable bonds is 6. The molecule has 0 spiro atoms. The number of imide groups is 1. The zero-order valence-electron chi connectivity index (χ0n) is 25.6. The quantitative estimate of drug-likeness (QED) is 0.204. The van der Waals surface area contributed by atoms with Gasteiger partial charge in [0.2, 0.25) is 0 Å². The summed E-state index contributed by atoms with van der Waals surface area (Å²) in [6.07, 6.45) is 6.82. The number of fused-ring (bicyclic) bond motifs is 4.